The number of nitrogens with one attached hydrogen (secondary N) is 1. The predicted molar refractivity (Wildman–Crippen MR) is 74.1 cm³/mol. The molecule has 0 radical (unpaired) electrons. The van der Waals surface area contributed by atoms with Gasteiger partial charge in [-0.1, -0.05) is 13.0 Å². The molecule has 0 saturated heterocycles. The number of hydrogen-bond acceptors (Lipinski definition) is 2. The minimum absolute atomic E-state index is 0.533. The van der Waals surface area contributed by atoms with E-state index in [1.54, 1.807) is 0 Å². The minimum Gasteiger partial charge on any atom is -0.310 e. The summed E-state index contributed by atoms with van der Waals surface area (Å²) in [6.45, 7) is 9.31. The fourth-order valence-electron chi connectivity index (χ4n) is 1.88. The Hall–Kier alpha value is -0.600. The van der Waals surface area contributed by atoms with E-state index in [1.165, 1.54) is 30.4 Å². The Balaban J connectivity index is 2.56. The van der Waals surface area contributed by atoms with Crippen LogP contribution in [0.15, 0.2) is 23.4 Å². The molecule has 2 heteroatoms. The van der Waals surface area contributed by atoms with E-state index >= 15 is 0 Å². The van der Waals surface area contributed by atoms with Crippen LogP contribution in [0.1, 0.15) is 49.8 Å². The number of aryl methyl sites for hydroxylation is 1. The highest BCUT2D eigenvalue weighted by Crippen LogP contribution is 2.25. The summed E-state index contributed by atoms with van der Waals surface area (Å²) in [7, 11) is 0. The molecule has 1 N–H and O–H groups in total. The molecule has 0 aromatic carbocycles. The van der Waals surface area contributed by atoms with Crippen LogP contribution < -0.4 is 5.32 Å². The van der Waals surface area contributed by atoms with E-state index in [9.17, 15) is 0 Å². The van der Waals surface area contributed by atoms with Crippen LogP contribution in [0.3, 0.4) is 0 Å². The van der Waals surface area contributed by atoms with Gasteiger partial charge in [0.2, 0.25) is 0 Å². The van der Waals surface area contributed by atoms with Crippen molar-refractivity contribution < 1.29 is 0 Å². The van der Waals surface area contributed by atoms with Gasteiger partial charge in [0, 0.05) is 6.04 Å². The lowest BCUT2D eigenvalue weighted by Crippen LogP contribution is -2.22. The number of unbranched alkanes of at least 4 members (excludes halogenated alkanes) is 1. The molecule has 0 bridgehead atoms. The fraction of sp³-hybridized carbons (Fsp3) is 0.571. The highest BCUT2D eigenvalue weighted by molar-refractivity contribution is 7.08. The molecule has 1 aromatic rings. The standard InChI is InChI=1S/C14H23NS/c1-4-6-7-8-14(15-9-5-2)13-11-16-10-12(13)3/h4,10-11,14-15H,1,5-9H2,2-3H3. The highest BCUT2D eigenvalue weighted by Gasteiger charge is 2.12. The van der Waals surface area contributed by atoms with Crippen molar-refractivity contribution in [2.45, 2.75) is 45.6 Å². The summed E-state index contributed by atoms with van der Waals surface area (Å²) in [5.74, 6) is 0. The molecule has 1 nitrogen and oxygen atoms in total. The van der Waals surface area contributed by atoms with Crippen LogP contribution in [-0.4, -0.2) is 6.54 Å². The summed E-state index contributed by atoms with van der Waals surface area (Å²) in [6.07, 6.45) is 6.76. The van der Waals surface area contributed by atoms with Crippen LogP contribution >= 0.6 is 11.3 Å². The highest BCUT2D eigenvalue weighted by atomic mass is 32.1. The molecule has 90 valence electrons. The van der Waals surface area contributed by atoms with E-state index in [4.69, 9.17) is 0 Å². The van der Waals surface area contributed by atoms with Crippen molar-refractivity contribution in [3.8, 4) is 0 Å². The molecule has 0 spiro atoms. The Kier molecular flexibility index (Phi) is 6.43. The Bertz CT molecular complexity index is 303. The zero-order valence-electron chi connectivity index (χ0n) is 10.5. The first-order chi connectivity index (χ1) is 7.79. The third-order valence-corrected chi connectivity index (χ3v) is 3.69. The summed E-state index contributed by atoms with van der Waals surface area (Å²) in [4.78, 5) is 0. The first kappa shape index (κ1) is 13.5. The van der Waals surface area contributed by atoms with E-state index in [2.05, 4.69) is 36.5 Å². The maximum Gasteiger partial charge on any atom is 0.0331 e. The van der Waals surface area contributed by atoms with Crippen LogP contribution in [0, 0.1) is 6.92 Å². The van der Waals surface area contributed by atoms with E-state index in [-0.39, 0.29) is 0 Å². The van der Waals surface area contributed by atoms with Crippen LogP contribution in [0.4, 0.5) is 0 Å². The van der Waals surface area contributed by atoms with Crippen LogP contribution in [0.5, 0.6) is 0 Å². The Morgan fingerprint density at radius 3 is 2.88 bits per heavy atom. The number of rotatable bonds is 8. The monoisotopic (exact) mass is 237 g/mol. The number of thiophene rings is 1. The Labute approximate surface area is 104 Å². The summed E-state index contributed by atoms with van der Waals surface area (Å²) in [5.41, 5.74) is 2.92. The maximum absolute atomic E-state index is 3.78. The van der Waals surface area contributed by atoms with Crippen LogP contribution in [-0.2, 0) is 0 Å². The summed E-state index contributed by atoms with van der Waals surface area (Å²) >= 11 is 1.81. The molecule has 1 aromatic heterocycles. The van der Waals surface area contributed by atoms with Crippen molar-refractivity contribution in [1.82, 2.24) is 5.32 Å². The van der Waals surface area contributed by atoms with Crippen molar-refractivity contribution in [2.24, 2.45) is 0 Å². The second-order valence-electron chi connectivity index (χ2n) is 4.24. The van der Waals surface area contributed by atoms with Gasteiger partial charge in [-0.25, -0.2) is 0 Å². The topological polar surface area (TPSA) is 12.0 Å². The number of allylic oxidation sites excluding steroid dienone is 1. The molecule has 0 saturated carbocycles. The number of hydrogen-bond donors (Lipinski definition) is 1. The average molecular weight is 237 g/mol. The molecule has 1 unspecified atom stereocenters. The predicted octanol–water partition coefficient (Wildman–Crippen LogP) is 4.45. The van der Waals surface area contributed by atoms with Gasteiger partial charge in [-0.3, -0.25) is 0 Å². The van der Waals surface area contributed by atoms with E-state index in [0.29, 0.717) is 6.04 Å². The van der Waals surface area contributed by atoms with Gasteiger partial charge in [-0.2, -0.15) is 11.3 Å². The fourth-order valence-corrected chi connectivity index (χ4v) is 2.78. The van der Waals surface area contributed by atoms with Gasteiger partial charge in [0.1, 0.15) is 0 Å². The molecule has 0 fully saturated rings. The quantitative estimate of drug-likeness (QED) is 0.520. The zero-order valence-corrected chi connectivity index (χ0v) is 11.3. The third-order valence-electron chi connectivity index (χ3n) is 2.81. The summed E-state index contributed by atoms with van der Waals surface area (Å²) in [6, 6.07) is 0.533. The lowest BCUT2D eigenvalue weighted by molar-refractivity contribution is 0.485. The van der Waals surface area contributed by atoms with E-state index < -0.39 is 0 Å². The van der Waals surface area contributed by atoms with Gasteiger partial charge in [-0.15, -0.1) is 6.58 Å². The third kappa shape index (κ3) is 4.11. The van der Waals surface area contributed by atoms with E-state index in [0.717, 1.165) is 13.0 Å². The second kappa shape index (κ2) is 7.64. The van der Waals surface area contributed by atoms with Gasteiger partial charge in [0.15, 0.2) is 0 Å². The van der Waals surface area contributed by atoms with Crippen LogP contribution in [0.2, 0.25) is 0 Å². The summed E-state index contributed by atoms with van der Waals surface area (Å²) in [5, 5.41) is 8.17. The van der Waals surface area contributed by atoms with Crippen LogP contribution in [0.25, 0.3) is 0 Å². The van der Waals surface area contributed by atoms with Gasteiger partial charge in [-0.05, 0) is 61.0 Å². The molecular formula is C14H23NS. The van der Waals surface area contributed by atoms with E-state index in [1.807, 2.05) is 17.4 Å². The van der Waals surface area contributed by atoms with Gasteiger partial charge in [0.25, 0.3) is 0 Å². The molecule has 1 heterocycles. The smallest absolute Gasteiger partial charge is 0.0331 e. The Morgan fingerprint density at radius 2 is 2.31 bits per heavy atom. The Morgan fingerprint density at radius 1 is 1.50 bits per heavy atom. The van der Waals surface area contributed by atoms with Gasteiger partial charge < -0.3 is 5.32 Å². The van der Waals surface area contributed by atoms with Crippen molar-refractivity contribution in [2.75, 3.05) is 6.54 Å². The van der Waals surface area contributed by atoms with Crippen molar-refractivity contribution in [1.29, 1.82) is 0 Å². The molecule has 0 aliphatic carbocycles. The zero-order chi connectivity index (χ0) is 11.8. The molecule has 0 aliphatic rings. The van der Waals surface area contributed by atoms with Gasteiger partial charge >= 0.3 is 0 Å². The molecule has 1 atom stereocenters. The second-order valence-corrected chi connectivity index (χ2v) is 4.98. The SMILES string of the molecule is C=CCCCC(NCCC)c1cscc1C. The summed E-state index contributed by atoms with van der Waals surface area (Å²) < 4.78 is 0. The molecule has 1 rings (SSSR count). The first-order valence-electron chi connectivity index (χ1n) is 6.16. The maximum atomic E-state index is 3.78. The lowest BCUT2D eigenvalue weighted by Gasteiger charge is -2.18. The largest absolute Gasteiger partial charge is 0.310 e. The van der Waals surface area contributed by atoms with Crippen molar-refractivity contribution in [3.05, 3.63) is 34.5 Å². The van der Waals surface area contributed by atoms with Gasteiger partial charge in [0.05, 0.1) is 0 Å². The molecule has 16 heavy (non-hydrogen) atoms. The average Bonchev–Trinajstić information content (AvgIpc) is 2.70. The first-order valence-corrected chi connectivity index (χ1v) is 7.10. The lowest BCUT2D eigenvalue weighted by atomic mass is 10.0. The normalized spacial score (nSPS) is 12.6. The molecule has 0 amide bonds. The minimum atomic E-state index is 0.533. The molecular weight excluding hydrogens is 214 g/mol. The van der Waals surface area contributed by atoms with Crippen molar-refractivity contribution in [3.63, 3.8) is 0 Å². The molecule has 0 aliphatic heterocycles. The van der Waals surface area contributed by atoms with Crippen molar-refractivity contribution >= 4 is 11.3 Å².